The highest BCUT2D eigenvalue weighted by Crippen LogP contribution is 2.49. The van der Waals surface area contributed by atoms with Crippen LogP contribution in [0.3, 0.4) is 0 Å². The zero-order chi connectivity index (χ0) is 11.8. The number of nitrogens with zero attached hydrogens (tertiary/aromatic N) is 2. The molecule has 1 saturated heterocycles. The van der Waals surface area contributed by atoms with Crippen LogP contribution in [0.4, 0.5) is 0 Å². The van der Waals surface area contributed by atoms with Crippen LogP contribution in [-0.4, -0.2) is 54.8 Å². The lowest BCUT2D eigenvalue weighted by molar-refractivity contribution is -0.149. The number of hydrogen-bond acceptors (Lipinski definition) is 3. The number of likely N-dealkylation sites (N-methyl/N-ethyl adjacent to an activating group) is 1. The molecule has 2 rings (SSSR count). The average molecular weight is 225 g/mol. The number of carbonyl (C=O) groups excluding carboxylic acids is 2. The topological polar surface area (TPSA) is 66.6 Å². The maximum absolute atomic E-state index is 11.8. The Morgan fingerprint density at radius 3 is 2.50 bits per heavy atom. The molecular weight excluding hydrogens is 206 g/mol. The standard InChI is InChI=1S/C11H19N3O2/c1-13-6-10(16)14(7-9(13)15)8-11(2-3-11)4-5-12/h2-8,12H2,1H3. The van der Waals surface area contributed by atoms with Gasteiger partial charge in [-0.15, -0.1) is 0 Å². The number of amides is 2. The normalized spacial score (nSPS) is 23.9. The molecule has 1 aliphatic heterocycles. The number of hydrogen-bond donors (Lipinski definition) is 1. The summed E-state index contributed by atoms with van der Waals surface area (Å²) in [5.41, 5.74) is 5.79. The highest BCUT2D eigenvalue weighted by molar-refractivity contribution is 5.92. The summed E-state index contributed by atoms with van der Waals surface area (Å²) in [5, 5.41) is 0. The molecule has 5 nitrogen and oxygen atoms in total. The van der Waals surface area contributed by atoms with Crippen LogP contribution in [0.25, 0.3) is 0 Å². The van der Waals surface area contributed by atoms with Gasteiger partial charge < -0.3 is 15.5 Å². The molecule has 2 aliphatic rings. The molecule has 2 amide bonds. The Balaban J connectivity index is 1.94. The third-order valence-electron chi connectivity index (χ3n) is 3.64. The van der Waals surface area contributed by atoms with Gasteiger partial charge in [0.1, 0.15) is 0 Å². The molecule has 0 aromatic heterocycles. The third kappa shape index (κ3) is 2.19. The Morgan fingerprint density at radius 1 is 1.25 bits per heavy atom. The Labute approximate surface area is 95.6 Å². The lowest BCUT2D eigenvalue weighted by atomic mass is 10.0. The minimum Gasteiger partial charge on any atom is -0.335 e. The van der Waals surface area contributed by atoms with Crippen LogP contribution in [0.2, 0.25) is 0 Å². The first-order valence-corrected chi connectivity index (χ1v) is 5.78. The summed E-state index contributed by atoms with van der Waals surface area (Å²) in [6.45, 7) is 1.83. The molecule has 0 unspecified atom stereocenters. The molecule has 90 valence electrons. The largest absolute Gasteiger partial charge is 0.335 e. The number of nitrogens with two attached hydrogens (primary N) is 1. The van der Waals surface area contributed by atoms with Crippen LogP contribution >= 0.6 is 0 Å². The van der Waals surface area contributed by atoms with Gasteiger partial charge in [-0.2, -0.15) is 0 Å². The first-order valence-electron chi connectivity index (χ1n) is 5.78. The molecule has 0 aromatic carbocycles. The first-order chi connectivity index (χ1) is 7.56. The van der Waals surface area contributed by atoms with Crippen molar-refractivity contribution in [3.63, 3.8) is 0 Å². The molecule has 1 heterocycles. The van der Waals surface area contributed by atoms with Crippen molar-refractivity contribution in [2.24, 2.45) is 11.1 Å². The molecule has 0 bridgehead atoms. The van der Waals surface area contributed by atoms with Gasteiger partial charge in [0.25, 0.3) is 0 Å². The van der Waals surface area contributed by atoms with Gasteiger partial charge in [-0.3, -0.25) is 9.59 Å². The summed E-state index contributed by atoms with van der Waals surface area (Å²) < 4.78 is 0. The van der Waals surface area contributed by atoms with E-state index >= 15 is 0 Å². The van der Waals surface area contributed by atoms with Crippen LogP contribution in [0.5, 0.6) is 0 Å². The van der Waals surface area contributed by atoms with E-state index in [1.165, 1.54) is 4.90 Å². The Kier molecular flexibility index (Phi) is 2.88. The van der Waals surface area contributed by atoms with Gasteiger partial charge in [-0.1, -0.05) is 0 Å². The molecule has 1 saturated carbocycles. The van der Waals surface area contributed by atoms with Crippen LogP contribution in [0.15, 0.2) is 0 Å². The van der Waals surface area contributed by atoms with Gasteiger partial charge in [0.15, 0.2) is 0 Å². The summed E-state index contributed by atoms with van der Waals surface area (Å²) in [7, 11) is 1.67. The van der Waals surface area contributed by atoms with Gasteiger partial charge in [-0.25, -0.2) is 0 Å². The van der Waals surface area contributed by atoms with Crippen molar-refractivity contribution in [3.8, 4) is 0 Å². The SMILES string of the molecule is CN1CC(=O)N(CC2(CCN)CC2)CC1=O. The average Bonchev–Trinajstić information content (AvgIpc) is 2.95. The summed E-state index contributed by atoms with van der Waals surface area (Å²) in [6.07, 6.45) is 3.23. The van der Waals surface area contributed by atoms with Crippen molar-refractivity contribution in [3.05, 3.63) is 0 Å². The smallest absolute Gasteiger partial charge is 0.242 e. The number of rotatable bonds is 4. The Hall–Kier alpha value is -1.10. The predicted octanol–water partition coefficient (Wildman–Crippen LogP) is -0.584. The van der Waals surface area contributed by atoms with E-state index in [-0.39, 0.29) is 30.3 Å². The maximum Gasteiger partial charge on any atom is 0.242 e. The van der Waals surface area contributed by atoms with Gasteiger partial charge in [0.05, 0.1) is 13.1 Å². The predicted molar refractivity (Wildman–Crippen MR) is 59.6 cm³/mol. The Bertz CT molecular complexity index is 312. The fourth-order valence-electron chi connectivity index (χ4n) is 2.28. The van der Waals surface area contributed by atoms with Gasteiger partial charge in [0, 0.05) is 13.6 Å². The fourth-order valence-corrected chi connectivity index (χ4v) is 2.28. The lowest BCUT2D eigenvalue weighted by Gasteiger charge is -2.34. The van der Waals surface area contributed by atoms with E-state index in [1.807, 2.05) is 0 Å². The number of piperazine rings is 1. The van der Waals surface area contributed by atoms with E-state index in [2.05, 4.69) is 0 Å². The molecule has 0 spiro atoms. The molecule has 16 heavy (non-hydrogen) atoms. The first kappa shape index (κ1) is 11.4. The molecule has 5 heteroatoms. The fraction of sp³-hybridized carbons (Fsp3) is 0.818. The Morgan fingerprint density at radius 2 is 1.94 bits per heavy atom. The van der Waals surface area contributed by atoms with E-state index in [0.29, 0.717) is 13.1 Å². The van der Waals surface area contributed by atoms with Crippen molar-refractivity contribution < 1.29 is 9.59 Å². The highest BCUT2D eigenvalue weighted by Gasteiger charge is 2.45. The van der Waals surface area contributed by atoms with E-state index in [1.54, 1.807) is 11.9 Å². The van der Waals surface area contributed by atoms with Crippen molar-refractivity contribution in [2.75, 3.05) is 33.2 Å². The zero-order valence-electron chi connectivity index (χ0n) is 9.74. The molecule has 0 aromatic rings. The number of carbonyl (C=O) groups is 2. The van der Waals surface area contributed by atoms with Gasteiger partial charge >= 0.3 is 0 Å². The van der Waals surface area contributed by atoms with Crippen molar-refractivity contribution in [2.45, 2.75) is 19.3 Å². The van der Waals surface area contributed by atoms with E-state index in [0.717, 1.165) is 19.3 Å². The van der Waals surface area contributed by atoms with Crippen LogP contribution in [-0.2, 0) is 9.59 Å². The van der Waals surface area contributed by atoms with E-state index in [9.17, 15) is 9.59 Å². The minimum absolute atomic E-state index is 0.0307. The van der Waals surface area contributed by atoms with Crippen LogP contribution in [0, 0.1) is 5.41 Å². The molecule has 2 fully saturated rings. The van der Waals surface area contributed by atoms with Gasteiger partial charge in [-0.05, 0) is 31.2 Å². The monoisotopic (exact) mass is 225 g/mol. The third-order valence-corrected chi connectivity index (χ3v) is 3.64. The van der Waals surface area contributed by atoms with Crippen molar-refractivity contribution in [1.82, 2.24) is 9.80 Å². The van der Waals surface area contributed by atoms with Crippen molar-refractivity contribution in [1.29, 1.82) is 0 Å². The summed E-state index contributed by atoms with van der Waals surface area (Å²) >= 11 is 0. The van der Waals surface area contributed by atoms with Crippen LogP contribution < -0.4 is 5.73 Å². The van der Waals surface area contributed by atoms with Crippen LogP contribution in [0.1, 0.15) is 19.3 Å². The summed E-state index contributed by atoms with van der Waals surface area (Å²) in [5.74, 6) is 0.0912. The second kappa shape index (κ2) is 4.05. The second-order valence-corrected chi connectivity index (χ2v) is 5.04. The van der Waals surface area contributed by atoms with E-state index in [4.69, 9.17) is 5.73 Å². The minimum atomic E-state index is 0.0307. The van der Waals surface area contributed by atoms with E-state index < -0.39 is 0 Å². The van der Waals surface area contributed by atoms with Gasteiger partial charge in [0.2, 0.25) is 11.8 Å². The summed E-state index contributed by atoms with van der Waals surface area (Å²) in [6, 6.07) is 0. The van der Waals surface area contributed by atoms with Crippen molar-refractivity contribution >= 4 is 11.8 Å². The molecule has 2 N–H and O–H groups in total. The zero-order valence-corrected chi connectivity index (χ0v) is 9.74. The molecule has 1 aliphatic carbocycles. The lowest BCUT2D eigenvalue weighted by Crippen LogP contribution is -2.53. The second-order valence-electron chi connectivity index (χ2n) is 5.04. The molecular formula is C11H19N3O2. The quantitative estimate of drug-likeness (QED) is 0.696. The molecule has 0 atom stereocenters. The highest BCUT2D eigenvalue weighted by atomic mass is 16.2. The molecule has 0 radical (unpaired) electrons. The summed E-state index contributed by atoms with van der Waals surface area (Å²) in [4.78, 5) is 26.5. The maximum atomic E-state index is 11.8.